The molecule has 0 saturated carbocycles. The molecule has 0 bridgehead atoms. The number of pyridine rings is 2. The smallest absolute Gasteiger partial charge is 0.258 e. The van der Waals surface area contributed by atoms with Crippen LogP contribution < -0.4 is 5.32 Å². The molecule has 0 aliphatic carbocycles. The van der Waals surface area contributed by atoms with Gasteiger partial charge in [-0.25, -0.2) is 4.98 Å². The van der Waals surface area contributed by atoms with Crippen LogP contribution in [0.1, 0.15) is 21.8 Å². The summed E-state index contributed by atoms with van der Waals surface area (Å²) in [6.45, 7) is 1.84. The Morgan fingerprint density at radius 3 is 2.83 bits per heavy atom. The molecule has 0 unspecified atom stereocenters. The molecule has 0 spiro atoms. The van der Waals surface area contributed by atoms with Gasteiger partial charge in [-0.15, -0.1) is 0 Å². The van der Waals surface area contributed by atoms with Gasteiger partial charge in [0.1, 0.15) is 10.8 Å². The van der Waals surface area contributed by atoms with Gasteiger partial charge in [-0.05, 0) is 31.2 Å². The van der Waals surface area contributed by atoms with Gasteiger partial charge < -0.3 is 9.84 Å². The molecule has 0 radical (unpaired) electrons. The number of nitrogens with zero attached hydrogens (tertiary/aromatic N) is 3. The molecule has 1 amide bonds. The van der Waals surface area contributed by atoms with Gasteiger partial charge >= 0.3 is 0 Å². The lowest BCUT2D eigenvalue weighted by atomic mass is 10.2. The van der Waals surface area contributed by atoms with Crippen molar-refractivity contribution < 1.29 is 9.32 Å². The first-order valence-corrected chi connectivity index (χ1v) is 7.92. The summed E-state index contributed by atoms with van der Waals surface area (Å²) in [5.41, 5.74) is 2.03. The van der Waals surface area contributed by atoms with E-state index in [1.54, 1.807) is 42.9 Å². The molecule has 6 nitrogen and oxygen atoms in total. The molecule has 0 atom stereocenters. The number of carbonyl (C=O) groups is 1. The zero-order valence-electron chi connectivity index (χ0n) is 12.4. The number of aryl methyl sites for hydroxylation is 1. The van der Waals surface area contributed by atoms with Gasteiger partial charge in [0, 0.05) is 36.1 Å². The van der Waals surface area contributed by atoms with E-state index in [0.29, 0.717) is 22.0 Å². The predicted octanol–water partition coefficient (Wildman–Crippen LogP) is 3.32. The molecule has 3 heterocycles. The van der Waals surface area contributed by atoms with Gasteiger partial charge in [-0.3, -0.25) is 9.78 Å². The maximum atomic E-state index is 12.4. The number of amides is 1. The maximum Gasteiger partial charge on any atom is 0.258 e. The molecule has 0 aliphatic rings. The Balaban J connectivity index is 1.73. The third kappa shape index (κ3) is 3.95. The summed E-state index contributed by atoms with van der Waals surface area (Å²) in [4.78, 5) is 20.7. The molecule has 0 aliphatic heterocycles. The molecule has 1 N–H and O–H groups in total. The molecule has 116 valence electrons. The molecule has 3 aromatic heterocycles. The molecule has 7 heteroatoms. The number of aromatic nitrogens is 3. The first kappa shape index (κ1) is 15.2. The highest BCUT2D eigenvalue weighted by Gasteiger charge is 2.14. The van der Waals surface area contributed by atoms with Crippen LogP contribution in [0.2, 0.25) is 0 Å². The molecule has 3 aromatic rings. The lowest BCUT2D eigenvalue weighted by Gasteiger charge is -2.08. The van der Waals surface area contributed by atoms with E-state index in [0.717, 1.165) is 11.5 Å². The highest BCUT2D eigenvalue weighted by atomic mass is 32.2. The van der Waals surface area contributed by atoms with Gasteiger partial charge in [0.25, 0.3) is 5.91 Å². The molecule has 0 aromatic carbocycles. The molecular formula is C16H14N4O2S. The van der Waals surface area contributed by atoms with E-state index in [4.69, 9.17) is 4.52 Å². The standard InChI is InChI=1S/C16H14N4O2S/c1-11-9-13(20-22-11)10-23-16-14(3-2-6-18-16)15(21)19-12-4-7-17-8-5-12/h2-9H,10H2,1H3,(H,17,19,21). The zero-order chi connectivity index (χ0) is 16.1. The summed E-state index contributed by atoms with van der Waals surface area (Å²) in [6, 6.07) is 8.83. The van der Waals surface area contributed by atoms with Crippen LogP contribution in [0.25, 0.3) is 0 Å². The number of thioether (sulfide) groups is 1. The van der Waals surface area contributed by atoms with E-state index in [2.05, 4.69) is 20.4 Å². The highest BCUT2D eigenvalue weighted by Crippen LogP contribution is 2.24. The van der Waals surface area contributed by atoms with E-state index in [9.17, 15) is 4.79 Å². The summed E-state index contributed by atoms with van der Waals surface area (Å²) in [6.07, 6.45) is 4.92. The van der Waals surface area contributed by atoms with Crippen molar-refractivity contribution in [1.82, 2.24) is 15.1 Å². The SMILES string of the molecule is Cc1cc(CSc2ncccc2C(=O)Nc2ccncc2)no1. The van der Waals surface area contributed by atoms with Crippen LogP contribution >= 0.6 is 11.8 Å². The van der Waals surface area contributed by atoms with E-state index in [-0.39, 0.29) is 5.91 Å². The van der Waals surface area contributed by atoms with Crippen molar-refractivity contribution in [2.75, 3.05) is 5.32 Å². The fourth-order valence-electron chi connectivity index (χ4n) is 1.94. The summed E-state index contributed by atoms with van der Waals surface area (Å²) in [7, 11) is 0. The number of hydrogen-bond donors (Lipinski definition) is 1. The minimum absolute atomic E-state index is 0.205. The highest BCUT2D eigenvalue weighted by molar-refractivity contribution is 7.98. The fraction of sp³-hybridized carbons (Fsp3) is 0.125. The van der Waals surface area contributed by atoms with Gasteiger partial charge in [-0.2, -0.15) is 0 Å². The average molecular weight is 326 g/mol. The largest absolute Gasteiger partial charge is 0.361 e. The first-order chi connectivity index (χ1) is 11.2. The van der Waals surface area contributed by atoms with Crippen molar-refractivity contribution in [3.8, 4) is 0 Å². The first-order valence-electron chi connectivity index (χ1n) is 6.94. The van der Waals surface area contributed by atoms with Gasteiger partial charge in [0.2, 0.25) is 0 Å². The van der Waals surface area contributed by atoms with Crippen molar-refractivity contribution in [3.05, 3.63) is 65.9 Å². The van der Waals surface area contributed by atoms with Crippen LogP contribution in [-0.4, -0.2) is 21.0 Å². The molecule has 0 fully saturated rings. The zero-order valence-corrected chi connectivity index (χ0v) is 13.2. The fourth-order valence-corrected chi connectivity index (χ4v) is 2.81. The summed E-state index contributed by atoms with van der Waals surface area (Å²) in [5.74, 6) is 1.14. The molecule has 0 saturated heterocycles. The van der Waals surface area contributed by atoms with Crippen molar-refractivity contribution in [2.24, 2.45) is 0 Å². The number of rotatable bonds is 5. The normalized spacial score (nSPS) is 10.5. The minimum atomic E-state index is -0.205. The Kier molecular flexibility index (Phi) is 4.68. The number of carbonyl (C=O) groups excluding carboxylic acids is 1. The Morgan fingerprint density at radius 1 is 1.26 bits per heavy atom. The Hall–Kier alpha value is -2.67. The van der Waals surface area contributed by atoms with Gasteiger partial charge in [-0.1, -0.05) is 16.9 Å². The van der Waals surface area contributed by atoms with Crippen LogP contribution in [-0.2, 0) is 5.75 Å². The lowest BCUT2D eigenvalue weighted by molar-refractivity contribution is 0.102. The van der Waals surface area contributed by atoms with E-state index in [1.807, 2.05) is 13.0 Å². The second kappa shape index (κ2) is 7.06. The van der Waals surface area contributed by atoms with Gasteiger partial charge in [0.05, 0.1) is 11.3 Å². The Bertz CT molecular complexity index is 805. The van der Waals surface area contributed by atoms with Crippen molar-refractivity contribution in [2.45, 2.75) is 17.7 Å². The third-order valence-corrected chi connectivity index (χ3v) is 4.03. The predicted molar refractivity (Wildman–Crippen MR) is 87.2 cm³/mol. The summed E-state index contributed by atoms with van der Waals surface area (Å²) >= 11 is 1.45. The number of nitrogens with one attached hydrogen (secondary N) is 1. The van der Waals surface area contributed by atoms with E-state index < -0.39 is 0 Å². The second-order valence-corrected chi connectivity index (χ2v) is 5.73. The Labute approximate surface area is 137 Å². The molecule has 23 heavy (non-hydrogen) atoms. The second-order valence-electron chi connectivity index (χ2n) is 4.76. The minimum Gasteiger partial charge on any atom is -0.361 e. The quantitative estimate of drug-likeness (QED) is 0.724. The van der Waals surface area contributed by atoms with E-state index >= 15 is 0 Å². The average Bonchev–Trinajstić information content (AvgIpc) is 2.99. The van der Waals surface area contributed by atoms with Crippen molar-refractivity contribution >= 4 is 23.4 Å². The van der Waals surface area contributed by atoms with Crippen molar-refractivity contribution in [3.63, 3.8) is 0 Å². The van der Waals surface area contributed by atoms with Crippen molar-refractivity contribution in [1.29, 1.82) is 0 Å². The Morgan fingerprint density at radius 2 is 2.09 bits per heavy atom. The monoisotopic (exact) mass is 326 g/mol. The number of anilines is 1. The lowest BCUT2D eigenvalue weighted by Crippen LogP contribution is -2.13. The van der Waals surface area contributed by atoms with Crippen LogP contribution in [0.15, 0.2) is 58.5 Å². The topological polar surface area (TPSA) is 80.9 Å². The van der Waals surface area contributed by atoms with Crippen LogP contribution in [0.5, 0.6) is 0 Å². The maximum absolute atomic E-state index is 12.4. The van der Waals surface area contributed by atoms with Crippen LogP contribution in [0, 0.1) is 6.92 Å². The summed E-state index contributed by atoms with van der Waals surface area (Å²) in [5, 5.41) is 7.43. The number of hydrogen-bond acceptors (Lipinski definition) is 6. The molecular weight excluding hydrogens is 312 g/mol. The molecule has 3 rings (SSSR count). The van der Waals surface area contributed by atoms with E-state index in [1.165, 1.54) is 11.8 Å². The third-order valence-electron chi connectivity index (χ3n) is 2.99. The summed E-state index contributed by atoms with van der Waals surface area (Å²) < 4.78 is 5.04. The van der Waals surface area contributed by atoms with Crippen LogP contribution in [0.3, 0.4) is 0 Å². The van der Waals surface area contributed by atoms with Gasteiger partial charge in [0.15, 0.2) is 0 Å². The van der Waals surface area contributed by atoms with Crippen LogP contribution in [0.4, 0.5) is 5.69 Å².